The highest BCUT2D eigenvalue weighted by Crippen LogP contribution is 2.28. The summed E-state index contributed by atoms with van der Waals surface area (Å²) in [6.07, 6.45) is 0.401. The normalized spacial score (nSPS) is 12.2. The first-order chi connectivity index (χ1) is 9.41. The molecule has 0 aliphatic carbocycles. The van der Waals surface area contributed by atoms with Crippen LogP contribution in [0, 0.1) is 5.92 Å². The number of aliphatic carboxylic acids is 1. The number of carboxylic acid groups (broad SMARTS) is 1. The Kier molecular flexibility index (Phi) is 6.22. The summed E-state index contributed by atoms with van der Waals surface area (Å²) in [5.41, 5.74) is 1.16. The molecule has 20 heavy (non-hydrogen) atoms. The van der Waals surface area contributed by atoms with Crippen LogP contribution in [0.1, 0.15) is 38.2 Å². The molecule has 1 aromatic rings. The fourth-order valence-electron chi connectivity index (χ4n) is 2.17. The molecule has 1 atom stereocenters. The number of hydrogen-bond acceptors (Lipinski definition) is 2. The summed E-state index contributed by atoms with van der Waals surface area (Å²) in [6, 6.07) is 9.98. The van der Waals surface area contributed by atoms with Crippen LogP contribution in [0.25, 0.3) is 0 Å². The third-order valence-corrected chi connectivity index (χ3v) is 3.51. The van der Waals surface area contributed by atoms with E-state index in [1.807, 2.05) is 30.3 Å². The van der Waals surface area contributed by atoms with Crippen LogP contribution in [0.5, 0.6) is 0 Å². The van der Waals surface area contributed by atoms with Gasteiger partial charge < -0.3 is 10.0 Å². The van der Waals surface area contributed by atoms with Crippen LogP contribution >= 0.6 is 0 Å². The Morgan fingerprint density at radius 2 is 1.80 bits per heavy atom. The molecule has 110 valence electrons. The van der Waals surface area contributed by atoms with Gasteiger partial charge in [0.15, 0.2) is 0 Å². The quantitative estimate of drug-likeness (QED) is 0.833. The van der Waals surface area contributed by atoms with Crippen LogP contribution in [-0.4, -0.2) is 35.5 Å². The van der Waals surface area contributed by atoms with Crippen LogP contribution in [0.2, 0.25) is 0 Å². The number of carbonyl (C=O) groups is 2. The van der Waals surface area contributed by atoms with Gasteiger partial charge in [0.2, 0.25) is 5.91 Å². The molecule has 0 aliphatic rings. The van der Waals surface area contributed by atoms with Gasteiger partial charge in [-0.15, -0.1) is 0 Å². The van der Waals surface area contributed by atoms with Gasteiger partial charge >= 0.3 is 5.97 Å². The van der Waals surface area contributed by atoms with E-state index in [0.717, 1.165) is 5.56 Å². The Morgan fingerprint density at radius 1 is 1.20 bits per heavy atom. The molecular formula is C16H23NO3. The molecule has 0 fully saturated rings. The SMILES string of the molecule is CC(C)C(CC(=O)N(C)CCC(=O)O)c1ccccc1. The van der Waals surface area contributed by atoms with Gasteiger partial charge in [-0.1, -0.05) is 44.2 Å². The van der Waals surface area contributed by atoms with E-state index in [4.69, 9.17) is 5.11 Å². The average molecular weight is 277 g/mol. The highest BCUT2D eigenvalue weighted by Gasteiger charge is 2.21. The molecule has 0 aromatic heterocycles. The zero-order chi connectivity index (χ0) is 15.1. The summed E-state index contributed by atoms with van der Waals surface area (Å²) < 4.78 is 0. The number of amides is 1. The maximum absolute atomic E-state index is 12.2. The topological polar surface area (TPSA) is 57.6 Å². The number of carbonyl (C=O) groups excluding carboxylic acids is 1. The number of hydrogen-bond donors (Lipinski definition) is 1. The van der Waals surface area contributed by atoms with Crippen molar-refractivity contribution >= 4 is 11.9 Å². The Hall–Kier alpha value is -1.84. The zero-order valence-corrected chi connectivity index (χ0v) is 12.4. The second kappa shape index (κ2) is 7.68. The maximum Gasteiger partial charge on any atom is 0.305 e. The predicted octanol–water partition coefficient (Wildman–Crippen LogP) is 2.75. The van der Waals surface area contributed by atoms with Crippen LogP contribution in [0.3, 0.4) is 0 Å². The van der Waals surface area contributed by atoms with E-state index in [-0.39, 0.29) is 24.8 Å². The van der Waals surface area contributed by atoms with E-state index in [1.165, 1.54) is 4.90 Å². The minimum atomic E-state index is -0.881. The third-order valence-electron chi connectivity index (χ3n) is 3.51. The van der Waals surface area contributed by atoms with Crippen molar-refractivity contribution in [1.29, 1.82) is 0 Å². The fourth-order valence-corrected chi connectivity index (χ4v) is 2.17. The smallest absolute Gasteiger partial charge is 0.305 e. The minimum Gasteiger partial charge on any atom is -0.481 e. The Morgan fingerprint density at radius 3 is 2.30 bits per heavy atom. The molecule has 4 nitrogen and oxygen atoms in total. The van der Waals surface area contributed by atoms with Crippen molar-refractivity contribution in [3.05, 3.63) is 35.9 Å². The lowest BCUT2D eigenvalue weighted by atomic mass is 9.85. The number of rotatable bonds is 7. The van der Waals surface area contributed by atoms with Gasteiger partial charge in [-0.25, -0.2) is 0 Å². The van der Waals surface area contributed by atoms with Crippen LogP contribution in [0.15, 0.2) is 30.3 Å². The lowest BCUT2D eigenvalue weighted by Gasteiger charge is -2.24. The lowest BCUT2D eigenvalue weighted by molar-refractivity contribution is -0.138. The Labute approximate surface area is 120 Å². The highest BCUT2D eigenvalue weighted by atomic mass is 16.4. The first-order valence-corrected chi connectivity index (χ1v) is 6.92. The summed E-state index contributed by atoms with van der Waals surface area (Å²) in [4.78, 5) is 24.2. The molecule has 0 saturated heterocycles. The van der Waals surface area contributed by atoms with Crippen LogP contribution in [-0.2, 0) is 9.59 Å². The second-order valence-electron chi connectivity index (χ2n) is 5.42. The predicted molar refractivity (Wildman–Crippen MR) is 78.5 cm³/mol. The summed E-state index contributed by atoms with van der Waals surface area (Å²) in [7, 11) is 1.66. The van der Waals surface area contributed by atoms with Gasteiger partial charge in [0, 0.05) is 20.0 Å². The van der Waals surface area contributed by atoms with Crippen molar-refractivity contribution in [2.45, 2.75) is 32.6 Å². The Bertz CT molecular complexity index is 442. The molecule has 1 amide bonds. The van der Waals surface area contributed by atoms with E-state index in [2.05, 4.69) is 13.8 Å². The van der Waals surface area contributed by atoms with E-state index in [0.29, 0.717) is 12.3 Å². The molecule has 1 aromatic carbocycles. The van der Waals surface area contributed by atoms with E-state index in [9.17, 15) is 9.59 Å². The molecule has 1 N–H and O–H groups in total. The van der Waals surface area contributed by atoms with E-state index >= 15 is 0 Å². The van der Waals surface area contributed by atoms with Gasteiger partial charge in [-0.3, -0.25) is 9.59 Å². The molecule has 0 aliphatic heterocycles. The Balaban J connectivity index is 2.67. The van der Waals surface area contributed by atoms with Crippen molar-refractivity contribution in [2.75, 3.05) is 13.6 Å². The van der Waals surface area contributed by atoms with Crippen LogP contribution < -0.4 is 0 Å². The summed E-state index contributed by atoms with van der Waals surface area (Å²) in [6.45, 7) is 4.46. The molecule has 0 bridgehead atoms. The summed E-state index contributed by atoms with van der Waals surface area (Å²) in [5, 5.41) is 8.65. The zero-order valence-electron chi connectivity index (χ0n) is 12.4. The second-order valence-corrected chi connectivity index (χ2v) is 5.42. The van der Waals surface area contributed by atoms with Crippen molar-refractivity contribution in [3.63, 3.8) is 0 Å². The number of nitrogens with zero attached hydrogens (tertiary/aromatic N) is 1. The van der Waals surface area contributed by atoms with E-state index in [1.54, 1.807) is 7.05 Å². The number of benzene rings is 1. The van der Waals surface area contributed by atoms with Gasteiger partial charge in [-0.2, -0.15) is 0 Å². The van der Waals surface area contributed by atoms with E-state index < -0.39 is 5.97 Å². The summed E-state index contributed by atoms with van der Waals surface area (Å²) in [5.74, 6) is -0.368. The monoisotopic (exact) mass is 277 g/mol. The fraction of sp³-hybridized carbons (Fsp3) is 0.500. The van der Waals surface area contributed by atoms with Gasteiger partial charge in [-0.05, 0) is 17.4 Å². The van der Waals surface area contributed by atoms with Gasteiger partial charge in [0.25, 0.3) is 0 Å². The molecule has 1 unspecified atom stereocenters. The largest absolute Gasteiger partial charge is 0.481 e. The first-order valence-electron chi connectivity index (χ1n) is 6.92. The van der Waals surface area contributed by atoms with Crippen molar-refractivity contribution in [3.8, 4) is 0 Å². The van der Waals surface area contributed by atoms with Crippen molar-refractivity contribution in [1.82, 2.24) is 4.90 Å². The number of carboxylic acids is 1. The standard InChI is InChI=1S/C16H23NO3/c1-12(2)14(13-7-5-4-6-8-13)11-15(18)17(3)10-9-16(19)20/h4-8,12,14H,9-11H2,1-3H3,(H,19,20). The molecule has 4 heteroatoms. The van der Waals surface area contributed by atoms with Crippen LogP contribution in [0.4, 0.5) is 0 Å². The summed E-state index contributed by atoms with van der Waals surface area (Å²) >= 11 is 0. The van der Waals surface area contributed by atoms with Crippen molar-refractivity contribution in [2.24, 2.45) is 5.92 Å². The molecular weight excluding hydrogens is 254 g/mol. The molecule has 0 radical (unpaired) electrons. The molecule has 0 spiro atoms. The molecule has 0 saturated carbocycles. The third kappa shape index (κ3) is 5.03. The average Bonchev–Trinajstić information content (AvgIpc) is 2.42. The highest BCUT2D eigenvalue weighted by molar-refractivity contribution is 5.77. The minimum absolute atomic E-state index is 0.00574. The molecule has 1 rings (SSSR count). The molecule has 0 heterocycles. The van der Waals surface area contributed by atoms with Gasteiger partial charge in [0.05, 0.1) is 6.42 Å². The maximum atomic E-state index is 12.2. The first kappa shape index (κ1) is 16.2. The van der Waals surface area contributed by atoms with Gasteiger partial charge in [0.1, 0.15) is 0 Å². The lowest BCUT2D eigenvalue weighted by Crippen LogP contribution is -2.31. The van der Waals surface area contributed by atoms with Crippen molar-refractivity contribution < 1.29 is 14.7 Å².